The maximum atomic E-state index is 5.40. The molecule has 0 atom stereocenters. The van der Waals surface area contributed by atoms with Crippen LogP contribution in [-0.4, -0.2) is 46.4 Å². The SMILES string of the molecule is CCC#Cc1ccc(OC)cc1CCCN(C)CCc1ccc(OC)c(OC)c1. The second-order valence-corrected chi connectivity index (χ2v) is 7.02. The van der Waals surface area contributed by atoms with Gasteiger partial charge in [0.05, 0.1) is 21.3 Å². The number of hydrogen-bond acceptors (Lipinski definition) is 4. The highest BCUT2D eigenvalue weighted by molar-refractivity contribution is 5.45. The molecule has 0 aliphatic carbocycles. The van der Waals surface area contributed by atoms with Gasteiger partial charge in [0.25, 0.3) is 0 Å². The van der Waals surface area contributed by atoms with Crippen LogP contribution in [0.2, 0.25) is 0 Å². The highest BCUT2D eigenvalue weighted by atomic mass is 16.5. The van der Waals surface area contributed by atoms with E-state index in [-0.39, 0.29) is 0 Å². The molecule has 0 amide bonds. The number of rotatable bonds is 10. The Labute approximate surface area is 175 Å². The Morgan fingerprint density at radius 1 is 0.862 bits per heavy atom. The fraction of sp³-hybridized carbons (Fsp3) is 0.440. The van der Waals surface area contributed by atoms with E-state index < -0.39 is 0 Å². The van der Waals surface area contributed by atoms with E-state index in [0.29, 0.717) is 0 Å². The van der Waals surface area contributed by atoms with E-state index >= 15 is 0 Å². The maximum Gasteiger partial charge on any atom is 0.160 e. The van der Waals surface area contributed by atoms with E-state index in [4.69, 9.17) is 14.2 Å². The molecule has 0 unspecified atom stereocenters. The largest absolute Gasteiger partial charge is 0.497 e. The smallest absolute Gasteiger partial charge is 0.160 e. The van der Waals surface area contributed by atoms with Gasteiger partial charge in [-0.05, 0) is 74.3 Å². The molecule has 4 nitrogen and oxygen atoms in total. The van der Waals surface area contributed by atoms with E-state index in [1.807, 2.05) is 12.1 Å². The second-order valence-electron chi connectivity index (χ2n) is 7.02. The van der Waals surface area contributed by atoms with Gasteiger partial charge in [0, 0.05) is 18.5 Å². The number of hydrogen-bond donors (Lipinski definition) is 0. The molecule has 2 aromatic carbocycles. The monoisotopic (exact) mass is 395 g/mol. The minimum atomic E-state index is 0.768. The predicted molar refractivity (Wildman–Crippen MR) is 119 cm³/mol. The average Bonchev–Trinajstić information content (AvgIpc) is 2.76. The zero-order valence-corrected chi connectivity index (χ0v) is 18.4. The lowest BCUT2D eigenvalue weighted by atomic mass is 10.0. The van der Waals surface area contributed by atoms with Crippen molar-refractivity contribution < 1.29 is 14.2 Å². The van der Waals surface area contributed by atoms with Crippen molar-refractivity contribution in [3.05, 3.63) is 53.1 Å². The maximum absolute atomic E-state index is 5.40. The van der Waals surface area contributed by atoms with Crippen LogP contribution in [0.25, 0.3) is 0 Å². The van der Waals surface area contributed by atoms with Crippen molar-refractivity contribution in [1.29, 1.82) is 0 Å². The van der Waals surface area contributed by atoms with Gasteiger partial charge in [0.2, 0.25) is 0 Å². The topological polar surface area (TPSA) is 30.9 Å². The van der Waals surface area contributed by atoms with Gasteiger partial charge < -0.3 is 19.1 Å². The summed E-state index contributed by atoms with van der Waals surface area (Å²) in [6, 6.07) is 12.3. The van der Waals surface area contributed by atoms with E-state index in [2.05, 4.69) is 55.0 Å². The number of benzene rings is 2. The first-order chi connectivity index (χ1) is 14.1. The number of ether oxygens (including phenoxy) is 3. The van der Waals surface area contributed by atoms with Gasteiger partial charge in [-0.25, -0.2) is 0 Å². The summed E-state index contributed by atoms with van der Waals surface area (Å²) in [7, 11) is 7.21. The summed E-state index contributed by atoms with van der Waals surface area (Å²) in [6.07, 6.45) is 3.91. The summed E-state index contributed by atoms with van der Waals surface area (Å²) in [4.78, 5) is 2.37. The molecule has 2 aromatic rings. The van der Waals surface area contributed by atoms with Gasteiger partial charge in [0.15, 0.2) is 11.5 Å². The molecule has 0 spiro atoms. The van der Waals surface area contributed by atoms with Crippen LogP contribution in [-0.2, 0) is 12.8 Å². The van der Waals surface area contributed by atoms with E-state index in [1.165, 1.54) is 11.1 Å². The molecule has 4 heteroatoms. The lowest BCUT2D eigenvalue weighted by Gasteiger charge is -2.17. The Morgan fingerprint density at radius 3 is 2.34 bits per heavy atom. The van der Waals surface area contributed by atoms with Crippen LogP contribution in [0.3, 0.4) is 0 Å². The summed E-state index contributed by atoms with van der Waals surface area (Å²) in [5, 5.41) is 0. The quantitative estimate of drug-likeness (QED) is 0.551. The lowest BCUT2D eigenvalue weighted by molar-refractivity contribution is 0.332. The Bertz CT molecular complexity index is 836. The molecule has 0 heterocycles. The Morgan fingerprint density at radius 2 is 1.66 bits per heavy atom. The summed E-state index contributed by atoms with van der Waals surface area (Å²) in [5.41, 5.74) is 3.62. The predicted octanol–water partition coefficient (Wildman–Crippen LogP) is 4.58. The molecule has 0 saturated heterocycles. The van der Waals surface area contributed by atoms with Gasteiger partial charge in [-0.3, -0.25) is 0 Å². The molecule has 0 bridgehead atoms. The highest BCUT2D eigenvalue weighted by Crippen LogP contribution is 2.27. The van der Waals surface area contributed by atoms with Crippen molar-refractivity contribution in [3.63, 3.8) is 0 Å². The fourth-order valence-electron chi connectivity index (χ4n) is 3.22. The number of methoxy groups -OCH3 is 3. The lowest BCUT2D eigenvalue weighted by Crippen LogP contribution is -2.23. The molecule has 29 heavy (non-hydrogen) atoms. The molecular formula is C25H33NO3. The number of nitrogens with zero attached hydrogens (tertiary/aromatic N) is 1. The minimum absolute atomic E-state index is 0.768. The zero-order valence-electron chi connectivity index (χ0n) is 18.4. The molecule has 156 valence electrons. The van der Waals surface area contributed by atoms with Crippen molar-refractivity contribution in [3.8, 4) is 29.1 Å². The third-order valence-corrected chi connectivity index (χ3v) is 4.93. The Balaban J connectivity index is 1.88. The van der Waals surface area contributed by atoms with Gasteiger partial charge in [0.1, 0.15) is 5.75 Å². The van der Waals surface area contributed by atoms with Gasteiger partial charge in [-0.1, -0.05) is 24.8 Å². The molecular weight excluding hydrogens is 362 g/mol. The van der Waals surface area contributed by atoms with Gasteiger partial charge in [-0.2, -0.15) is 0 Å². The second kappa shape index (κ2) is 12.0. The molecule has 0 aliphatic rings. The average molecular weight is 396 g/mol. The van der Waals surface area contributed by atoms with Crippen molar-refractivity contribution in [2.45, 2.75) is 32.6 Å². The van der Waals surface area contributed by atoms with E-state index in [0.717, 1.165) is 61.6 Å². The first-order valence-corrected chi connectivity index (χ1v) is 10.2. The standard InChI is InChI=1S/C25H33NO3/c1-6-7-9-21-12-13-23(27-3)19-22(21)10-8-16-26(2)17-15-20-11-14-24(28-4)25(18-20)29-5/h11-14,18-19H,6,8,10,15-17H2,1-5H3. The summed E-state index contributed by atoms with van der Waals surface area (Å²) >= 11 is 0. The van der Waals surface area contributed by atoms with Crippen LogP contribution in [0, 0.1) is 11.8 Å². The summed E-state index contributed by atoms with van der Waals surface area (Å²) < 4.78 is 16.1. The Kier molecular flexibility index (Phi) is 9.40. The third-order valence-electron chi connectivity index (χ3n) is 4.93. The van der Waals surface area contributed by atoms with Crippen LogP contribution in [0.5, 0.6) is 17.2 Å². The number of likely N-dealkylation sites (N-methyl/N-ethyl adjacent to an activating group) is 1. The normalized spacial score (nSPS) is 10.4. The first-order valence-electron chi connectivity index (χ1n) is 10.2. The van der Waals surface area contributed by atoms with Crippen LogP contribution in [0.1, 0.15) is 36.5 Å². The van der Waals surface area contributed by atoms with Crippen LogP contribution in [0.4, 0.5) is 0 Å². The van der Waals surface area contributed by atoms with Crippen LogP contribution >= 0.6 is 0 Å². The summed E-state index contributed by atoms with van der Waals surface area (Å²) in [6.45, 7) is 4.10. The minimum Gasteiger partial charge on any atom is -0.497 e. The molecule has 0 fully saturated rings. The molecule has 0 saturated carbocycles. The highest BCUT2D eigenvalue weighted by Gasteiger charge is 2.07. The summed E-state index contributed by atoms with van der Waals surface area (Å²) in [5.74, 6) is 8.90. The Hall–Kier alpha value is -2.64. The van der Waals surface area contributed by atoms with Crippen molar-refractivity contribution in [2.24, 2.45) is 0 Å². The van der Waals surface area contributed by atoms with Gasteiger partial charge in [-0.15, -0.1) is 0 Å². The third kappa shape index (κ3) is 7.03. The molecule has 2 rings (SSSR count). The van der Waals surface area contributed by atoms with E-state index in [1.54, 1.807) is 21.3 Å². The number of aryl methyl sites for hydroxylation is 1. The van der Waals surface area contributed by atoms with Crippen LogP contribution in [0.15, 0.2) is 36.4 Å². The molecule has 0 radical (unpaired) electrons. The van der Waals surface area contributed by atoms with E-state index in [9.17, 15) is 0 Å². The first kappa shape index (κ1) is 22.6. The van der Waals surface area contributed by atoms with Crippen molar-refractivity contribution >= 4 is 0 Å². The fourth-order valence-corrected chi connectivity index (χ4v) is 3.22. The van der Waals surface area contributed by atoms with Crippen LogP contribution < -0.4 is 14.2 Å². The molecule has 0 aromatic heterocycles. The molecule has 0 aliphatic heterocycles. The van der Waals surface area contributed by atoms with Crippen molar-refractivity contribution in [2.75, 3.05) is 41.5 Å². The molecule has 0 N–H and O–H groups in total. The zero-order chi connectivity index (χ0) is 21.1. The van der Waals surface area contributed by atoms with Gasteiger partial charge >= 0.3 is 0 Å². The van der Waals surface area contributed by atoms with Crippen molar-refractivity contribution in [1.82, 2.24) is 4.90 Å².